The SMILES string of the molecule is Cc1ccc(C(C(=O)N2CCOCC2)C(C)C)cc1. The highest BCUT2D eigenvalue weighted by Gasteiger charge is 2.29. The summed E-state index contributed by atoms with van der Waals surface area (Å²) in [5.74, 6) is 0.499. The second kappa shape index (κ2) is 6.20. The molecule has 1 fully saturated rings. The molecule has 1 saturated heterocycles. The van der Waals surface area contributed by atoms with Gasteiger partial charge in [-0.05, 0) is 18.4 Å². The Morgan fingerprint density at radius 2 is 1.74 bits per heavy atom. The van der Waals surface area contributed by atoms with Crippen molar-refractivity contribution in [3.63, 3.8) is 0 Å². The molecule has 1 atom stereocenters. The number of amides is 1. The summed E-state index contributed by atoms with van der Waals surface area (Å²) in [4.78, 5) is 14.6. The van der Waals surface area contributed by atoms with Crippen LogP contribution in [0.5, 0.6) is 0 Å². The Kier molecular flexibility index (Phi) is 4.59. The Hall–Kier alpha value is -1.35. The Morgan fingerprint density at radius 3 is 2.26 bits per heavy atom. The predicted octanol–water partition coefficient (Wildman–Crippen LogP) is 2.59. The zero-order chi connectivity index (χ0) is 13.8. The molecule has 2 rings (SSSR count). The van der Waals surface area contributed by atoms with Crippen LogP contribution in [-0.4, -0.2) is 37.1 Å². The van der Waals surface area contributed by atoms with Crippen molar-refractivity contribution in [2.75, 3.05) is 26.3 Å². The molecular formula is C16H23NO2. The number of ether oxygens (including phenoxy) is 1. The molecule has 1 unspecified atom stereocenters. The molecule has 0 spiro atoms. The number of aryl methyl sites for hydroxylation is 1. The summed E-state index contributed by atoms with van der Waals surface area (Å²) in [5, 5.41) is 0. The maximum atomic E-state index is 12.7. The highest BCUT2D eigenvalue weighted by Crippen LogP contribution is 2.27. The third-order valence-corrected chi connectivity index (χ3v) is 3.69. The first-order valence-electron chi connectivity index (χ1n) is 7.02. The van der Waals surface area contributed by atoms with E-state index in [0.717, 1.165) is 5.56 Å². The van der Waals surface area contributed by atoms with Crippen LogP contribution in [0.15, 0.2) is 24.3 Å². The number of morpholine rings is 1. The van der Waals surface area contributed by atoms with Gasteiger partial charge < -0.3 is 9.64 Å². The van der Waals surface area contributed by atoms with Gasteiger partial charge >= 0.3 is 0 Å². The van der Waals surface area contributed by atoms with Crippen LogP contribution in [0, 0.1) is 12.8 Å². The molecule has 3 nitrogen and oxygen atoms in total. The van der Waals surface area contributed by atoms with Gasteiger partial charge in [-0.2, -0.15) is 0 Å². The molecule has 0 bridgehead atoms. The van der Waals surface area contributed by atoms with E-state index >= 15 is 0 Å². The molecule has 1 aliphatic heterocycles. The number of hydrogen-bond donors (Lipinski definition) is 0. The fourth-order valence-electron chi connectivity index (χ4n) is 2.57. The maximum Gasteiger partial charge on any atom is 0.230 e. The fraction of sp³-hybridized carbons (Fsp3) is 0.562. The summed E-state index contributed by atoms with van der Waals surface area (Å²) in [7, 11) is 0. The Bertz CT molecular complexity index is 419. The van der Waals surface area contributed by atoms with Crippen LogP contribution in [0.4, 0.5) is 0 Å². The minimum atomic E-state index is -0.0429. The van der Waals surface area contributed by atoms with Gasteiger partial charge in [0.15, 0.2) is 0 Å². The van der Waals surface area contributed by atoms with E-state index in [0.29, 0.717) is 32.2 Å². The molecule has 1 heterocycles. The number of carbonyl (C=O) groups is 1. The van der Waals surface area contributed by atoms with Crippen LogP contribution >= 0.6 is 0 Å². The Balaban J connectivity index is 2.19. The summed E-state index contributed by atoms with van der Waals surface area (Å²) in [6, 6.07) is 8.32. The van der Waals surface area contributed by atoms with Gasteiger partial charge in [0.1, 0.15) is 0 Å². The van der Waals surface area contributed by atoms with E-state index in [1.807, 2.05) is 4.90 Å². The van der Waals surface area contributed by atoms with E-state index in [1.165, 1.54) is 5.56 Å². The van der Waals surface area contributed by atoms with Crippen LogP contribution in [0.25, 0.3) is 0 Å². The first kappa shape index (κ1) is 14.1. The van der Waals surface area contributed by atoms with Crippen molar-refractivity contribution >= 4 is 5.91 Å². The van der Waals surface area contributed by atoms with E-state index < -0.39 is 0 Å². The third kappa shape index (κ3) is 3.35. The zero-order valence-electron chi connectivity index (χ0n) is 12.1. The van der Waals surface area contributed by atoms with Crippen molar-refractivity contribution in [3.8, 4) is 0 Å². The number of carbonyl (C=O) groups excluding carboxylic acids is 1. The Morgan fingerprint density at radius 1 is 1.16 bits per heavy atom. The molecule has 0 aliphatic carbocycles. The van der Waals surface area contributed by atoms with Crippen molar-refractivity contribution in [2.45, 2.75) is 26.7 Å². The lowest BCUT2D eigenvalue weighted by atomic mass is 9.86. The van der Waals surface area contributed by atoms with Crippen LogP contribution in [-0.2, 0) is 9.53 Å². The van der Waals surface area contributed by atoms with Crippen molar-refractivity contribution in [1.82, 2.24) is 4.90 Å². The maximum absolute atomic E-state index is 12.7. The van der Waals surface area contributed by atoms with E-state index in [1.54, 1.807) is 0 Å². The first-order valence-corrected chi connectivity index (χ1v) is 7.02. The largest absolute Gasteiger partial charge is 0.378 e. The van der Waals surface area contributed by atoms with E-state index in [4.69, 9.17) is 4.74 Å². The van der Waals surface area contributed by atoms with Gasteiger partial charge in [0.2, 0.25) is 5.91 Å². The normalized spacial score (nSPS) is 17.6. The number of benzene rings is 1. The smallest absolute Gasteiger partial charge is 0.230 e. The predicted molar refractivity (Wildman–Crippen MR) is 76.2 cm³/mol. The Labute approximate surface area is 115 Å². The van der Waals surface area contributed by atoms with Crippen LogP contribution in [0.1, 0.15) is 30.9 Å². The van der Waals surface area contributed by atoms with Gasteiger partial charge in [0.05, 0.1) is 19.1 Å². The molecule has 0 radical (unpaired) electrons. The van der Waals surface area contributed by atoms with Crippen molar-refractivity contribution < 1.29 is 9.53 Å². The summed E-state index contributed by atoms with van der Waals surface area (Å²) < 4.78 is 5.32. The topological polar surface area (TPSA) is 29.5 Å². The van der Waals surface area contributed by atoms with Crippen molar-refractivity contribution in [1.29, 1.82) is 0 Å². The second-order valence-electron chi connectivity index (χ2n) is 5.57. The molecule has 3 heteroatoms. The average Bonchev–Trinajstić information content (AvgIpc) is 2.42. The van der Waals surface area contributed by atoms with Gasteiger partial charge in [0.25, 0.3) is 0 Å². The molecular weight excluding hydrogens is 238 g/mol. The highest BCUT2D eigenvalue weighted by molar-refractivity contribution is 5.84. The van der Waals surface area contributed by atoms with Crippen LogP contribution < -0.4 is 0 Å². The molecule has 1 amide bonds. The van der Waals surface area contributed by atoms with Gasteiger partial charge in [0, 0.05) is 13.1 Å². The summed E-state index contributed by atoms with van der Waals surface area (Å²) in [6.45, 7) is 9.04. The summed E-state index contributed by atoms with van der Waals surface area (Å²) in [6.07, 6.45) is 0. The third-order valence-electron chi connectivity index (χ3n) is 3.69. The van der Waals surface area contributed by atoms with Gasteiger partial charge in [-0.1, -0.05) is 43.7 Å². The number of rotatable bonds is 3. The minimum Gasteiger partial charge on any atom is -0.378 e. The van der Waals surface area contributed by atoms with Gasteiger partial charge in [-0.25, -0.2) is 0 Å². The molecule has 0 saturated carbocycles. The molecule has 0 N–H and O–H groups in total. The minimum absolute atomic E-state index is 0.0429. The lowest BCUT2D eigenvalue weighted by Crippen LogP contribution is -2.44. The lowest BCUT2D eigenvalue weighted by molar-refractivity contribution is -0.137. The van der Waals surface area contributed by atoms with E-state index in [2.05, 4.69) is 45.0 Å². The average molecular weight is 261 g/mol. The summed E-state index contributed by atoms with van der Waals surface area (Å²) >= 11 is 0. The van der Waals surface area contributed by atoms with Gasteiger partial charge in [-0.15, -0.1) is 0 Å². The first-order chi connectivity index (χ1) is 9.09. The fourth-order valence-corrected chi connectivity index (χ4v) is 2.57. The molecule has 104 valence electrons. The number of hydrogen-bond acceptors (Lipinski definition) is 2. The molecule has 1 aliphatic rings. The van der Waals surface area contributed by atoms with E-state index in [-0.39, 0.29) is 11.8 Å². The summed E-state index contributed by atoms with van der Waals surface area (Å²) in [5.41, 5.74) is 2.35. The van der Waals surface area contributed by atoms with Crippen molar-refractivity contribution in [2.24, 2.45) is 5.92 Å². The lowest BCUT2D eigenvalue weighted by Gasteiger charge is -2.32. The van der Waals surface area contributed by atoms with Crippen LogP contribution in [0.2, 0.25) is 0 Å². The molecule has 19 heavy (non-hydrogen) atoms. The monoisotopic (exact) mass is 261 g/mol. The van der Waals surface area contributed by atoms with E-state index in [9.17, 15) is 4.79 Å². The van der Waals surface area contributed by atoms with Crippen LogP contribution in [0.3, 0.4) is 0 Å². The highest BCUT2D eigenvalue weighted by atomic mass is 16.5. The molecule has 1 aromatic carbocycles. The second-order valence-corrected chi connectivity index (χ2v) is 5.57. The zero-order valence-corrected chi connectivity index (χ0v) is 12.1. The quantitative estimate of drug-likeness (QED) is 0.837. The number of nitrogens with zero attached hydrogens (tertiary/aromatic N) is 1. The van der Waals surface area contributed by atoms with Gasteiger partial charge in [-0.3, -0.25) is 4.79 Å². The molecule has 0 aromatic heterocycles. The standard InChI is InChI=1S/C16H23NO2/c1-12(2)15(14-6-4-13(3)5-7-14)16(18)17-8-10-19-11-9-17/h4-7,12,15H,8-11H2,1-3H3. The van der Waals surface area contributed by atoms with Crippen molar-refractivity contribution in [3.05, 3.63) is 35.4 Å². The molecule has 1 aromatic rings.